The minimum absolute atomic E-state index is 0. The Hall–Kier alpha value is -0.630. The van der Waals surface area contributed by atoms with E-state index in [0.29, 0.717) is 18.8 Å². The summed E-state index contributed by atoms with van der Waals surface area (Å²) in [6, 6.07) is 1.95. The number of hydrogen-bond donors (Lipinski definition) is 0. The number of esters is 1. The van der Waals surface area contributed by atoms with E-state index in [9.17, 15) is 4.79 Å². The number of hydrogen-bond acceptors (Lipinski definition) is 4. The van der Waals surface area contributed by atoms with Crippen molar-refractivity contribution in [2.45, 2.75) is 65.5 Å². The molecule has 0 amide bonds. The van der Waals surface area contributed by atoms with E-state index in [0.717, 1.165) is 35.3 Å². The molecular formula is C19H33IN2O3. The first-order chi connectivity index (χ1) is 11.0. The maximum atomic E-state index is 12.2. The van der Waals surface area contributed by atoms with Gasteiger partial charge in [0.2, 0.25) is 0 Å². The summed E-state index contributed by atoms with van der Waals surface area (Å²) in [5, 5.41) is 4.06. The van der Waals surface area contributed by atoms with Crippen LogP contribution >= 0.6 is 0 Å². The molecule has 0 N–H and O–H groups in total. The third-order valence-electron chi connectivity index (χ3n) is 4.47. The van der Waals surface area contributed by atoms with Gasteiger partial charge in [0.25, 0.3) is 0 Å². The van der Waals surface area contributed by atoms with Crippen LogP contribution in [0.25, 0.3) is 0 Å². The summed E-state index contributed by atoms with van der Waals surface area (Å²) in [4.78, 5) is 12.2. The Morgan fingerprint density at radius 3 is 2.64 bits per heavy atom. The minimum Gasteiger partial charge on any atom is -1.00 e. The fourth-order valence-electron chi connectivity index (χ4n) is 3.84. The summed E-state index contributed by atoms with van der Waals surface area (Å²) < 4.78 is 11.8. The van der Waals surface area contributed by atoms with Crippen LogP contribution < -0.4 is 24.0 Å². The number of carbonyl (C=O) groups is 1. The van der Waals surface area contributed by atoms with Crippen LogP contribution in [0.2, 0.25) is 0 Å². The quantitative estimate of drug-likeness (QED) is 0.351. The Labute approximate surface area is 169 Å². The molecule has 0 radical (unpaired) electrons. The van der Waals surface area contributed by atoms with E-state index >= 15 is 0 Å². The Kier molecular flexibility index (Phi) is 7.93. The molecule has 1 fully saturated rings. The molecule has 6 heteroatoms. The first kappa shape index (κ1) is 22.4. The van der Waals surface area contributed by atoms with Gasteiger partial charge < -0.3 is 37.7 Å². The van der Waals surface area contributed by atoms with Gasteiger partial charge in [0, 0.05) is 12.5 Å². The lowest BCUT2D eigenvalue weighted by atomic mass is 9.71. The zero-order valence-electron chi connectivity index (χ0n) is 16.5. The van der Waals surface area contributed by atoms with Crippen LogP contribution in [-0.2, 0) is 22.5 Å². The van der Waals surface area contributed by atoms with Gasteiger partial charge in [-0.1, -0.05) is 25.9 Å². The van der Waals surface area contributed by atoms with Crippen molar-refractivity contribution in [3.05, 3.63) is 17.5 Å². The number of nitrogens with zero attached hydrogens (tertiary/aromatic N) is 2. The Morgan fingerprint density at radius 1 is 1.36 bits per heavy atom. The van der Waals surface area contributed by atoms with Crippen molar-refractivity contribution < 1.29 is 42.5 Å². The lowest BCUT2D eigenvalue weighted by Gasteiger charge is -2.38. The number of rotatable bonds is 6. The molecule has 1 aromatic heterocycles. The third kappa shape index (κ3) is 8.07. The lowest BCUT2D eigenvalue weighted by Crippen LogP contribution is -3.00. The van der Waals surface area contributed by atoms with E-state index in [-0.39, 0.29) is 41.5 Å². The summed E-state index contributed by atoms with van der Waals surface area (Å²) in [7, 11) is 6.31. The summed E-state index contributed by atoms with van der Waals surface area (Å²) in [6.45, 7) is 7.54. The first-order valence-corrected chi connectivity index (χ1v) is 8.97. The van der Waals surface area contributed by atoms with Crippen LogP contribution in [0.15, 0.2) is 10.6 Å². The highest BCUT2D eigenvalue weighted by molar-refractivity contribution is 5.69. The number of aromatic nitrogens is 1. The highest BCUT2D eigenvalue weighted by Crippen LogP contribution is 2.39. The molecular weight excluding hydrogens is 431 g/mol. The molecule has 0 bridgehead atoms. The van der Waals surface area contributed by atoms with Gasteiger partial charge in [-0.05, 0) is 30.6 Å². The van der Waals surface area contributed by atoms with Gasteiger partial charge in [0.1, 0.15) is 12.6 Å². The van der Waals surface area contributed by atoms with Crippen molar-refractivity contribution in [2.75, 3.05) is 21.1 Å². The highest BCUT2D eigenvalue weighted by Gasteiger charge is 2.33. The molecule has 1 saturated carbocycles. The largest absolute Gasteiger partial charge is 1.00 e. The monoisotopic (exact) mass is 464 g/mol. The van der Waals surface area contributed by atoms with Gasteiger partial charge in [0.15, 0.2) is 5.76 Å². The molecule has 0 aromatic carbocycles. The predicted molar refractivity (Wildman–Crippen MR) is 93.2 cm³/mol. The normalized spacial score (nSPS) is 23.0. The number of aryl methyl sites for hydroxylation is 1. The van der Waals surface area contributed by atoms with E-state index < -0.39 is 0 Å². The molecule has 2 atom stereocenters. The second kappa shape index (κ2) is 8.84. The minimum atomic E-state index is -0.124. The summed E-state index contributed by atoms with van der Waals surface area (Å²) in [5.41, 5.74) is 1.09. The molecule has 1 aliphatic carbocycles. The van der Waals surface area contributed by atoms with E-state index in [1.807, 2.05) is 6.07 Å². The van der Waals surface area contributed by atoms with Crippen molar-refractivity contribution in [3.63, 3.8) is 0 Å². The molecule has 1 aliphatic rings. The molecule has 1 aromatic rings. The average Bonchev–Trinajstić information content (AvgIpc) is 2.79. The number of halogens is 1. The van der Waals surface area contributed by atoms with Crippen LogP contribution in [-0.4, -0.2) is 42.9 Å². The molecule has 0 saturated heterocycles. The smallest absolute Gasteiger partial charge is 0.306 e. The number of ether oxygens (including phenoxy) is 1. The van der Waals surface area contributed by atoms with Crippen LogP contribution in [0.4, 0.5) is 0 Å². The summed E-state index contributed by atoms with van der Waals surface area (Å²) in [5.74, 6) is 1.34. The van der Waals surface area contributed by atoms with Gasteiger partial charge in [-0.3, -0.25) is 4.79 Å². The predicted octanol–water partition coefficient (Wildman–Crippen LogP) is 0.575. The number of quaternary nitrogens is 1. The molecule has 0 unspecified atom stereocenters. The standard InChI is InChI=1S/C19H33N2O3.HI/c1-14-9-16(12-19(2,3)11-14)23-18(22)8-7-15-10-17(24-20-15)13-21(4,5)6;/h10,14,16H,7-9,11-13H2,1-6H3;1H/q+1;/p-1/t14-,16+;/m0./s1. The van der Waals surface area contributed by atoms with Gasteiger partial charge in [-0.15, -0.1) is 0 Å². The molecule has 2 rings (SSSR count). The van der Waals surface area contributed by atoms with Crippen molar-refractivity contribution in [1.82, 2.24) is 5.16 Å². The molecule has 5 nitrogen and oxygen atoms in total. The van der Waals surface area contributed by atoms with Crippen LogP contribution in [0.5, 0.6) is 0 Å². The third-order valence-corrected chi connectivity index (χ3v) is 4.47. The van der Waals surface area contributed by atoms with Gasteiger partial charge >= 0.3 is 5.97 Å². The Bertz CT molecular complexity index is 563. The Balaban J connectivity index is 0.00000312. The summed E-state index contributed by atoms with van der Waals surface area (Å²) in [6.07, 6.45) is 4.14. The van der Waals surface area contributed by atoms with Crippen LogP contribution in [0.3, 0.4) is 0 Å². The molecule has 0 aliphatic heterocycles. The van der Waals surface area contributed by atoms with Crippen LogP contribution in [0, 0.1) is 11.3 Å². The second-order valence-electron chi connectivity index (χ2n) is 9.26. The highest BCUT2D eigenvalue weighted by atomic mass is 127. The Morgan fingerprint density at radius 2 is 2.04 bits per heavy atom. The SMILES string of the molecule is C[C@H]1C[C@@H](OC(=O)CCc2cc(C[N+](C)(C)C)on2)CC(C)(C)C1.[I-]. The van der Waals surface area contributed by atoms with Gasteiger partial charge in [0.05, 0.1) is 33.3 Å². The zero-order chi connectivity index (χ0) is 18.0. The van der Waals surface area contributed by atoms with Crippen molar-refractivity contribution in [2.24, 2.45) is 11.3 Å². The average molecular weight is 464 g/mol. The lowest BCUT2D eigenvalue weighted by molar-refractivity contribution is -0.885. The van der Waals surface area contributed by atoms with Gasteiger partial charge in [-0.2, -0.15) is 0 Å². The van der Waals surface area contributed by atoms with Crippen molar-refractivity contribution in [3.8, 4) is 0 Å². The topological polar surface area (TPSA) is 52.3 Å². The first-order valence-electron chi connectivity index (χ1n) is 8.97. The van der Waals surface area contributed by atoms with E-state index in [1.54, 1.807) is 0 Å². The van der Waals surface area contributed by atoms with Crippen LogP contribution in [0.1, 0.15) is 57.9 Å². The van der Waals surface area contributed by atoms with Gasteiger partial charge in [-0.25, -0.2) is 0 Å². The van der Waals surface area contributed by atoms with E-state index in [2.05, 4.69) is 47.1 Å². The molecule has 1 heterocycles. The van der Waals surface area contributed by atoms with E-state index in [4.69, 9.17) is 9.26 Å². The van der Waals surface area contributed by atoms with Crippen molar-refractivity contribution >= 4 is 5.97 Å². The fraction of sp³-hybridized carbons (Fsp3) is 0.789. The molecule has 144 valence electrons. The molecule has 25 heavy (non-hydrogen) atoms. The maximum absolute atomic E-state index is 12.2. The number of carbonyl (C=O) groups excluding carboxylic acids is 1. The summed E-state index contributed by atoms with van der Waals surface area (Å²) >= 11 is 0. The fourth-order valence-corrected chi connectivity index (χ4v) is 3.84. The maximum Gasteiger partial charge on any atom is 0.306 e. The van der Waals surface area contributed by atoms with E-state index in [1.165, 1.54) is 6.42 Å². The molecule has 0 spiro atoms. The zero-order valence-corrected chi connectivity index (χ0v) is 18.6. The van der Waals surface area contributed by atoms with Crippen molar-refractivity contribution in [1.29, 1.82) is 0 Å². The second-order valence-corrected chi connectivity index (χ2v) is 9.26.